The lowest BCUT2D eigenvalue weighted by Gasteiger charge is -2.12. The highest BCUT2D eigenvalue weighted by Crippen LogP contribution is 2.42. The van der Waals surface area contributed by atoms with E-state index in [1.165, 1.54) is 12.1 Å². The monoisotopic (exact) mass is 242 g/mol. The first-order valence-electron chi connectivity index (χ1n) is 6.05. The van der Waals surface area contributed by atoms with Gasteiger partial charge in [0.05, 0.1) is 5.56 Å². The van der Waals surface area contributed by atoms with Gasteiger partial charge in [-0.25, -0.2) is 0 Å². The number of alkyl halides is 3. The molecule has 2 rings (SSSR count). The largest absolute Gasteiger partial charge is 0.416 e. The lowest BCUT2D eigenvalue weighted by Crippen LogP contribution is -2.05. The van der Waals surface area contributed by atoms with E-state index in [2.05, 4.69) is 13.8 Å². The summed E-state index contributed by atoms with van der Waals surface area (Å²) in [7, 11) is 0. The Balaban J connectivity index is 2.14. The second-order valence-corrected chi connectivity index (χ2v) is 5.24. The maximum absolute atomic E-state index is 12.4. The summed E-state index contributed by atoms with van der Waals surface area (Å²) in [6, 6.07) is 5.67. The van der Waals surface area contributed by atoms with E-state index in [-0.39, 0.29) is 0 Å². The first kappa shape index (κ1) is 12.5. The molecule has 1 aromatic rings. The zero-order valence-electron chi connectivity index (χ0n) is 10.1. The fraction of sp³-hybridized carbons (Fsp3) is 0.571. The first-order valence-corrected chi connectivity index (χ1v) is 6.05. The lowest BCUT2D eigenvalue weighted by atomic mass is 9.95. The average molecular weight is 242 g/mol. The quantitative estimate of drug-likeness (QED) is 0.660. The molecular formula is C14H17F3. The third-order valence-corrected chi connectivity index (χ3v) is 3.99. The summed E-state index contributed by atoms with van der Waals surface area (Å²) in [5.41, 5.74) is 0.495. The van der Waals surface area contributed by atoms with E-state index >= 15 is 0 Å². The minimum atomic E-state index is -4.23. The van der Waals surface area contributed by atoms with Crippen LogP contribution in [-0.4, -0.2) is 0 Å². The van der Waals surface area contributed by atoms with Gasteiger partial charge in [-0.15, -0.1) is 0 Å². The zero-order valence-corrected chi connectivity index (χ0v) is 10.1. The Labute approximate surface area is 99.8 Å². The van der Waals surface area contributed by atoms with Gasteiger partial charge >= 0.3 is 6.18 Å². The molecule has 2 atom stereocenters. The Hall–Kier alpha value is -0.990. The van der Waals surface area contributed by atoms with E-state index in [9.17, 15) is 13.2 Å². The minimum absolute atomic E-state index is 0.433. The van der Waals surface area contributed by atoms with Crippen LogP contribution in [0.15, 0.2) is 24.3 Å². The van der Waals surface area contributed by atoms with Crippen molar-refractivity contribution in [1.82, 2.24) is 0 Å². The van der Waals surface area contributed by atoms with Gasteiger partial charge in [0.1, 0.15) is 0 Å². The Morgan fingerprint density at radius 2 is 1.41 bits per heavy atom. The predicted octanol–water partition coefficient (Wildman–Crippen LogP) is 4.86. The molecule has 17 heavy (non-hydrogen) atoms. The Morgan fingerprint density at radius 1 is 0.941 bits per heavy atom. The molecule has 3 heteroatoms. The lowest BCUT2D eigenvalue weighted by molar-refractivity contribution is -0.137. The van der Waals surface area contributed by atoms with Gasteiger partial charge in [0.15, 0.2) is 0 Å². The Bertz CT molecular complexity index is 367. The molecular weight excluding hydrogens is 225 g/mol. The van der Waals surface area contributed by atoms with E-state index in [4.69, 9.17) is 0 Å². The summed E-state index contributed by atoms with van der Waals surface area (Å²) in [6.07, 6.45) is -2.05. The van der Waals surface area contributed by atoms with Crippen molar-refractivity contribution in [3.63, 3.8) is 0 Å². The van der Waals surface area contributed by atoms with Crippen LogP contribution in [0.25, 0.3) is 0 Å². The topological polar surface area (TPSA) is 0 Å². The number of benzene rings is 1. The molecule has 2 unspecified atom stereocenters. The van der Waals surface area contributed by atoms with Gasteiger partial charge in [0.2, 0.25) is 0 Å². The van der Waals surface area contributed by atoms with Crippen molar-refractivity contribution < 1.29 is 13.2 Å². The molecule has 0 aliphatic heterocycles. The SMILES string of the molecule is CC1CC(c2ccc(C(F)(F)F)cc2)CC1C. The molecule has 1 saturated carbocycles. The smallest absolute Gasteiger partial charge is 0.166 e. The highest BCUT2D eigenvalue weighted by molar-refractivity contribution is 5.27. The highest BCUT2D eigenvalue weighted by atomic mass is 19.4. The standard InChI is InChI=1S/C14H17F3/c1-9-7-12(8-10(9)2)11-3-5-13(6-4-11)14(15,16)17/h3-6,9-10,12H,7-8H2,1-2H3. The molecule has 1 fully saturated rings. The number of hydrogen-bond donors (Lipinski definition) is 0. The molecule has 0 amide bonds. The maximum atomic E-state index is 12.4. The second-order valence-electron chi connectivity index (χ2n) is 5.24. The van der Waals surface area contributed by atoms with Crippen LogP contribution in [0.1, 0.15) is 43.7 Å². The second kappa shape index (κ2) is 4.35. The van der Waals surface area contributed by atoms with Crippen molar-refractivity contribution >= 4 is 0 Å². The van der Waals surface area contributed by atoms with E-state index in [0.717, 1.165) is 18.4 Å². The molecule has 0 saturated heterocycles. The Kier molecular flexibility index (Phi) is 3.19. The normalized spacial score (nSPS) is 29.6. The van der Waals surface area contributed by atoms with Crippen LogP contribution in [0.2, 0.25) is 0 Å². The molecule has 0 aromatic heterocycles. The Morgan fingerprint density at radius 3 is 1.82 bits per heavy atom. The van der Waals surface area contributed by atoms with Crippen LogP contribution in [-0.2, 0) is 6.18 Å². The first-order chi connectivity index (χ1) is 7.88. The minimum Gasteiger partial charge on any atom is -0.166 e. The van der Waals surface area contributed by atoms with Crippen molar-refractivity contribution in [2.45, 2.75) is 38.8 Å². The molecule has 1 aliphatic carbocycles. The molecule has 0 radical (unpaired) electrons. The van der Waals surface area contributed by atoms with Gasteiger partial charge < -0.3 is 0 Å². The average Bonchev–Trinajstić information content (AvgIpc) is 2.58. The van der Waals surface area contributed by atoms with Crippen LogP contribution in [0, 0.1) is 11.8 Å². The summed E-state index contributed by atoms with van der Waals surface area (Å²) in [5, 5.41) is 0. The van der Waals surface area contributed by atoms with Crippen LogP contribution >= 0.6 is 0 Å². The third kappa shape index (κ3) is 2.64. The molecule has 1 aliphatic rings. The van der Waals surface area contributed by atoms with Gasteiger partial charge in [-0.3, -0.25) is 0 Å². The van der Waals surface area contributed by atoms with Crippen molar-refractivity contribution in [3.05, 3.63) is 35.4 Å². The van der Waals surface area contributed by atoms with Crippen LogP contribution in [0.3, 0.4) is 0 Å². The fourth-order valence-corrected chi connectivity index (χ4v) is 2.67. The zero-order chi connectivity index (χ0) is 12.6. The van der Waals surface area contributed by atoms with E-state index < -0.39 is 11.7 Å². The van der Waals surface area contributed by atoms with Gasteiger partial charge in [0.25, 0.3) is 0 Å². The summed E-state index contributed by atoms with van der Waals surface area (Å²) in [4.78, 5) is 0. The van der Waals surface area contributed by atoms with Crippen molar-refractivity contribution in [1.29, 1.82) is 0 Å². The molecule has 0 N–H and O–H groups in total. The summed E-state index contributed by atoms with van der Waals surface area (Å²) < 4.78 is 37.3. The van der Waals surface area contributed by atoms with Gasteiger partial charge in [-0.1, -0.05) is 26.0 Å². The summed E-state index contributed by atoms with van der Waals surface area (Å²) >= 11 is 0. The van der Waals surface area contributed by atoms with Gasteiger partial charge in [-0.05, 0) is 48.3 Å². The van der Waals surface area contributed by atoms with Crippen LogP contribution in [0.5, 0.6) is 0 Å². The maximum Gasteiger partial charge on any atom is 0.416 e. The molecule has 94 valence electrons. The molecule has 0 heterocycles. The number of hydrogen-bond acceptors (Lipinski definition) is 0. The predicted molar refractivity (Wildman–Crippen MR) is 61.7 cm³/mol. The third-order valence-electron chi connectivity index (χ3n) is 3.99. The molecule has 0 nitrogen and oxygen atoms in total. The van der Waals surface area contributed by atoms with Crippen LogP contribution in [0.4, 0.5) is 13.2 Å². The number of halogens is 3. The molecule has 0 spiro atoms. The van der Waals surface area contributed by atoms with Gasteiger partial charge in [-0.2, -0.15) is 13.2 Å². The van der Waals surface area contributed by atoms with Gasteiger partial charge in [0, 0.05) is 0 Å². The van der Waals surface area contributed by atoms with Crippen molar-refractivity contribution in [2.75, 3.05) is 0 Å². The summed E-state index contributed by atoms with van der Waals surface area (Å²) in [5.74, 6) is 1.77. The van der Waals surface area contributed by atoms with Crippen molar-refractivity contribution in [3.8, 4) is 0 Å². The van der Waals surface area contributed by atoms with E-state index in [1.807, 2.05) is 0 Å². The summed E-state index contributed by atoms with van der Waals surface area (Å²) in [6.45, 7) is 4.43. The fourth-order valence-electron chi connectivity index (χ4n) is 2.67. The highest BCUT2D eigenvalue weighted by Gasteiger charge is 2.32. The van der Waals surface area contributed by atoms with Crippen molar-refractivity contribution in [2.24, 2.45) is 11.8 Å². The van der Waals surface area contributed by atoms with E-state index in [0.29, 0.717) is 17.8 Å². The van der Waals surface area contributed by atoms with Crippen LogP contribution < -0.4 is 0 Å². The van der Waals surface area contributed by atoms with E-state index in [1.54, 1.807) is 12.1 Å². The number of rotatable bonds is 1. The molecule has 1 aromatic carbocycles. The molecule has 0 bridgehead atoms.